The first-order valence-corrected chi connectivity index (χ1v) is 8.95. The van der Waals surface area contributed by atoms with Crippen LogP contribution < -0.4 is 20.1 Å². The average Bonchev–Trinajstić information content (AvgIpc) is 3.06. The van der Waals surface area contributed by atoms with E-state index in [2.05, 4.69) is 15.0 Å². The van der Waals surface area contributed by atoms with Crippen molar-refractivity contribution >= 4 is 28.5 Å². The summed E-state index contributed by atoms with van der Waals surface area (Å²) in [7, 11) is 3.15. The second kappa shape index (κ2) is 8.72. The molecule has 9 heteroatoms. The van der Waals surface area contributed by atoms with Gasteiger partial charge in [-0.25, -0.2) is 4.79 Å². The number of nitrogens with one attached hydrogen (secondary N) is 2. The first-order valence-electron chi connectivity index (χ1n) is 8.17. The van der Waals surface area contributed by atoms with Gasteiger partial charge in [-0.3, -0.25) is 4.79 Å². The molecule has 0 aliphatic heterocycles. The van der Waals surface area contributed by atoms with Gasteiger partial charge in [-0.15, -0.1) is 0 Å². The summed E-state index contributed by atoms with van der Waals surface area (Å²) in [5.74, 6) is 0.935. The zero-order valence-corrected chi connectivity index (χ0v) is 16.7. The Labute approximate surface area is 162 Å². The lowest BCUT2D eigenvalue weighted by atomic mass is 10.1. The van der Waals surface area contributed by atoms with E-state index in [1.807, 2.05) is 6.07 Å². The standard InChI is InChI=1S/C18H23N3O5S/c1-18(2,3)26-17(23)19-10-15(22)20-16-9-13(21-27-16)12-8-11(24-4)6-7-14(12)25-5/h6-9H,10H2,1-5H3,(H,19,23)(H,20,22). The number of methoxy groups -OCH3 is 2. The van der Waals surface area contributed by atoms with Crippen LogP contribution in [-0.2, 0) is 9.53 Å². The second-order valence-corrected chi connectivity index (χ2v) is 7.35. The van der Waals surface area contributed by atoms with Gasteiger partial charge in [0.2, 0.25) is 5.91 Å². The zero-order valence-electron chi connectivity index (χ0n) is 15.9. The van der Waals surface area contributed by atoms with E-state index in [0.29, 0.717) is 22.2 Å². The van der Waals surface area contributed by atoms with E-state index in [9.17, 15) is 9.59 Å². The van der Waals surface area contributed by atoms with Crippen molar-refractivity contribution in [1.29, 1.82) is 0 Å². The molecule has 0 spiro atoms. The fraction of sp³-hybridized carbons (Fsp3) is 0.389. The van der Waals surface area contributed by atoms with Gasteiger partial charge >= 0.3 is 6.09 Å². The van der Waals surface area contributed by atoms with Gasteiger partial charge in [0.05, 0.1) is 19.9 Å². The molecule has 2 amide bonds. The van der Waals surface area contributed by atoms with Gasteiger partial charge in [0.1, 0.15) is 28.6 Å². The number of aromatic nitrogens is 1. The van der Waals surface area contributed by atoms with E-state index < -0.39 is 11.7 Å². The molecule has 0 fully saturated rings. The molecule has 27 heavy (non-hydrogen) atoms. The molecule has 0 unspecified atom stereocenters. The van der Waals surface area contributed by atoms with Crippen molar-refractivity contribution in [3.8, 4) is 22.8 Å². The van der Waals surface area contributed by atoms with Crippen molar-refractivity contribution in [2.24, 2.45) is 0 Å². The van der Waals surface area contributed by atoms with Crippen LogP contribution in [0.2, 0.25) is 0 Å². The molecule has 2 N–H and O–H groups in total. The maximum absolute atomic E-state index is 12.0. The number of ether oxygens (including phenoxy) is 3. The minimum atomic E-state index is -0.649. The van der Waals surface area contributed by atoms with Gasteiger partial charge in [0.25, 0.3) is 0 Å². The molecule has 1 heterocycles. The minimum Gasteiger partial charge on any atom is -0.497 e. The molecule has 0 saturated carbocycles. The maximum Gasteiger partial charge on any atom is 0.408 e. The Balaban J connectivity index is 2.00. The quantitative estimate of drug-likeness (QED) is 0.781. The van der Waals surface area contributed by atoms with Crippen molar-refractivity contribution in [2.45, 2.75) is 26.4 Å². The molecule has 2 rings (SSSR count). The predicted octanol–water partition coefficient (Wildman–Crippen LogP) is 3.29. The van der Waals surface area contributed by atoms with Gasteiger partial charge in [-0.2, -0.15) is 4.37 Å². The Bertz CT molecular complexity index is 814. The highest BCUT2D eigenvalue weighted by molar-refractivity contribution is 7.10. The molecule has 2 aromatic rings. The van der Waals surface area contributed by atoms with E-state index >= 15 is 0 Å². The molecule has 0 bridgehead atoms. The lowest BCUT2D eigenvalue weighted by molar-refractivity contribution is -0.115. The molecule has 8 nitrogen and oxygen atoms in total. The maximum atomic E-state index is 12.0. The number of hydrogen-bond acceptors (Lipinski definition) is 7. The summed E-state index contributed by atoms with van der Waals surface area (Å²) in [4.78, 5) is 23.6. The van der Waals surface area contributed by atoms with Gasteiger partial charge < -0.3 is 24.8 Å². The number of hydrogen-bond donors (Lipinski definition) is 2. The lowest BCUT2D eigenvalue weighted by Crippen LogP contribution is -2.37. The van der Waals surface area contributed by atoms with Crippen molar-refractivity contribution in [3.63, 3.8) is 0 Å². The molecule has 1 aromatic heterocycles. The predicted molar refractivity (Wildman–Crippen MR) is 104 cm³/mol. The first kappa shape index (κ1) is 20.5. The highest BCUT2D eigenvalue weighted by atomic mass is 32.1. The summed E-state index contributed by atoms with van der Waals surface area (Å²) < 4.78 is 20.0. The average molecular weight is 393 g/mol. The number of alkyl carbamates (subject to hydrolysis) is 1. The van der Waals surface area contributed by atoms with Crippen LogP contribution in [-0.4, -0.2) is 42.7 Å². The number of carbonyl (C=O) groups excluding carboxylic acids is 2. The molecular formula is C18H23N3O5S. The molecular weight excluding hydrogens is 370 g/mol. The summed E-state index contributed by atoms with van der Waals surface area (Å²) in [5, 5.41) is 5.64. The van der Waals surface area contributed by atoms with Gasteiger partial charge in [0.15, 0.2) is 0 Å². The van der Waals surface area contributed by atoms with Crippen molar-refractivity contribution in [2.75, 3.05) is 26.1 Å². The van der Waals surface area contributed by atoms with Crippen LogP contribution in [0.1, 0.15) is 20.8 Å². The van der Waals surface area contributed by atoms with Crippen LogP contribution in [0, 0.1) is 0 Å². The van der Waals surface area contributed by atoms with E-state index in [1.165, 1.54) is 0 Å². The Morgan fingerprint density at radius 1 is 1.15 bits per heavy atom. The Morgan fingerprint density at radius 3 is 2.52 bits per heavy atom. The number of benzene rings is 1. The van der Waals surface area contributed by atoms with E-state index in [-0.39, 0.29) is 12.5 Å². The smallest absolute Gasteiger partial charge is 0.408 e. The summed E-state index contributed by atoms with van der Waals surface area (Å²) in [6, 6.07) is 7.12. The number of nitrogens with zero attached hydrogens (tertiary/aromatic N) is 1. The van der Waals surface area contributed by atoms with Gasteiger partial charge in [-0.05, 0) is 50.5 Å². The van der Waals surface area contributed by atoms with Crippen LogP contribution in [0.15, 0.2) is 24.3 Å². The van der Waals surface area contributed by atoms with Gasteiger partial charge in [0, 0.05) is 11.6 Å². The first-order chi connectivity index (χ1) is 12.7. The molecule has 0 radical (unpaired) electrons. The van der Waals surface area contributed by atoms with E-state index in [0.717, 1.165) is 17.1 Å². The van der Waals surface area contributed by atoms with E-state index in [1.54, 1.807) is 53.2 Å². The fourth-order valence-corrected chi connectivity index (χ4v) is 2.80. The van der Waals surface area contributed by atoms with Crippen LogP contribution in [0.3, 0.4) is 0 Å². The molecule has 0 aliphatic carbocycles. The minimum absolute atomic E-state index is 0.204. The zero-order chi connectivity index (χ0) is 20.0. The lowest BCUT2D eigenvalue weighted by Gasteiger charge is -2.19. The summed E-state index contributed by atoms with van der Waals surface area (Å²) in [5.41, 5.74) is 0.773. The molecule has 1 aromatic carbocycles. The van der Waals surface area contributed by atoms with Crippen LogP contribution in [0.5, 0.6) is 11.5 Å². The fourth-order valence-electron chi connectivity index (χ4n) is 2.12. The SMILES string of the molecule is COc1ccc(OC)c(-c2cc(NC(=O)CNC(=O)OC(C)(C)C)sn2)c1. The summed E-state index contributed by atoms with van der Waals surface area (Å²) >= 11 is 1.13. The molecule has 146 valence electrons. The third kappa shape index (κ3) is 6.14. The Hall–Kier alpha value is -2.81. The van der Waals surface area contributed by atoms with Crippen molar-refractivity contribution in [3.05, 3.63) is 24.3 Å². The summed E-state index contributed by atoms with van der Waals surface area (Å²) in [6.07, 6.45) is -0.649. The number of anilines is 1. The topological polar surface area (TPSA) is 98.8 Å². The third-order valence-electron chi connectivity index (χ3n) is 3.25. The summed E-state index contributed by atoms with van der Waals surface area (Å²) in [6.45, 7) is 5.04. The van der Waals surface area contributed by atoms with Crippen LogP contribution >= 0.6 is 11.5 Å². The largest absolute Gasteiger partial charge is 0.497 e. The number of carbonyl (C=O) groups is 2. The van der Waals surface area contributed by atoms with Crippen LogP contribution in [0.25, 0.3) is 11.3 Å². The molecule has 0 atom stereocenters. The Morgan fingerprint density at radius 2 is 1.89 bits per heavy atom. The second-order valence-electron chi connectivity index (χ2n) is 6.55. The number of amides is 2. The van der Waals surface area contributed by atoms with Gasteiger partial charge in [-0.1, -0.05) is 0 Å². The highest BCUT2D eigenvalue weighted by Gasteiger charge is 2.17. The van der Waals surface area contributed by atoms with E-state index in [4.69, 9.17) is 14.2 Å². The normalized spacial score (nSPS) is 10.9. The van der Waals surface area contributed by atoms with Crippen molar-refractivity contribution < 1.29 is 23.8 Å². The molecule has 0 aliphatic rings. The Kier molecular flexibility index (Phi) is 6.62. The highest BCUT2D eigenvalue weighted by Crippen LogP contribution is 2.35. The molecule has 0 saturated heterocycles. The van der Waals surface area contributed by atoms with Crippen molar-refractivity contribution in [1.82, 2.24) is 9.69 Å². The monoisotopic (exact) mass is 393 g/mol. The third-order valence-corrected chi connectivity index (χ3v) is 3.95. The number of rotatable bonds is 6. The van der Waals surface area contributed by atoms with Crippen LogP contribution in [0.4, 0.5) is 9.80 Å².